The number of nitro benzene ring substituents is 2. The van der Waals surface area contributed by atoms with Crippen molar-refractivity contribution in [3.05, 3.63) is 67.8 Å². The van der Waals surface area contributed by atoms with Gasteiger partial charge in [-0.05, 0) is 37.8 Å². The van der Waals surface area contributed by atoms with E-state index in [4.69, 9.17) is 31.9 Å². The summed E-state index contributed by atoms with van der Waals surface area (Å²) in [4.78, 5) is 117. The van der Waals surface area contributed by atoms with E-state index in [-0.39, 0.29) is 95.4 Å². The number of carbonyl (C=O) groups is 8. The second-order valence-electron chi connectivity index (χ2n) is 14.1. The van der Waals surface area contributed by atoms with E-state index < -0.39 is 94.6 Å². The number of hydrogen-bond donors (Lipinski definition) is 12. The standard InChI is InChI=1S/C38H50N12O16S2/c39-23(37(59)60)9-11-41-35(57)25(43-17-33(53)54)19-67-29-7-5-21(13-27(29)49(63)64)15-45-47-31(51)3-1-2-4-32(52)48-46-16-22-6-8-30(28(14-22)50(65)66)68-20-26(44-18-34(55)56)36(58)42-12-10-24(40)38(61)62/h5-8,13-16,23-26,43-44H,1-4,9-12,17-20,39-40H2,(H,41,57)(H,42,58)(H,47,51)(H,48,52)(H,53,54)(H,55,56)(H,59,60)(H,61,62)/b45-15+,46-16+/t23-,24-,25+,26+/m0/s1. The number of aliphatic carboxylic acids is 4. The Morgan fingerprint density at radius 2 is 1.00 bits per heavy atom. The molecule has 28 nitrogen and oxygen atoms in total. The van der Waals surface area contributed by atoms with E-state index in [0.29, 0.717) is 0 Å². The highest BCUT2D eigenvalue weighted by Gasteiger charge is 2.25. The maximum Gasteiger partial charge on any atom is 0.320 e. The van der Waals surface area contributed by atoms with Crippen LogP contribution in [-0.2, 0) is 38.4 Å². The average molecular weight is 995 g/mol. The average Bonchev–Trinajstić information content (AvgIpc) is 3.27. The van der Waals surface area contributed by atoms with Crippen molar-refractivity contribution in [1.82, 2.24) is 32.1 Å². The van der Waals surface area contributed by atoms with Gasteiger partial charge in [-0.2, -0.15) is 10.2 Å². The van der Waals surface area contributed by atoms with Crippen LogP contribution in [0.1, 0.15) is 49.7 Å². The number of nitrogens with one attached hydrogen (secondary N) is 6. The van der Waals surface area contributed by atoms with Gasteiger partial charge >= 0.3 is 23.9 Å². The monoisotopic (exact) mass is 994 g/mol. The number of carboxylic acid groups (broad SMARTS) is 4. The van der Waals surface area contributed by atoms with E-state index in [1.54, 1.807) is 0 Å². The SMILES string of the molecule is N[C@@H](CCNC(=O)[C@@H](CSc1ccc(/C=N/NC(=O)CCCCC(=O)N/N=C/c2ccc(SC[C@@H](NCC(=O)O)C(=O)NCC[C@H](N)C(=O)O)c([N+](=O)[O-])c2)cc1[N+](=O)[O-])NCC(=O)O)C(=O)O. The van der Waals surface area contributed by atoms with Gasteiger partial charge in [-0.3, -0.25) is 69.2 Å². The van der Waals surface area contributed by atoms with Gasteiger partial charge < -0.3 is 42.5 Å². The lowest BCUT2D eigenvalue weighted by atomic mass is 10.2. The van der Waals surface area contributed by atoms with Crippen LogP contribution in [-0.4, -0.2) is 152 Å². The summed E-state index contributed by atoms with van der Waals surface area (Å²) in [6.45, 7) is -1.44. The number of carbonyl (C=O) groups excluding carboxylic acids is 4. The van der Waals surface area contributed by atoms with Gasteiger partial charge in [0, 0.05) is 60.7 Å². The Hall–Kier alpha value is -7.12. The normalized spacial score (nSPS) is 12.9. The predicted octanol–water partition coefficient (Wildman–Crippen LogP) is -1.23. The molecule has 370 valence electrons. The number of thioether (sulfide) groups is 2. The summed E-state index contributed by atoms with van der Waals surface area (Å²) in [7, 11) is 0. The number of nitrogens with two attached hydrogens (primary N) is 2. The molecule has 2 aromatic rings. The van der Waals surface area contributed by atoms with E-state index in [0.717, 1.165) is 36.0 Å². The number of nitro groups is 2. The molecule has 0 fully saturated rings. The van der Waals surface area contributed by atoms with Gasteiger partial charge in [0.25, 0.3) is 11.4 Å². The topological polar surface area (TPSA) is 453 Å². The molecule has 0 aliphatic rings. The Morgan fingerprint density at radius 3 is 1.32 bits per heavy atom. The number of benzene rings is 2. The van der Waals surface area contributed by atoms with Gasteiger partial charge in [-0.1, -0.05) is 12.1 Å². The fraction of sp³-hybridized carbons (Fsp3) is 0.421. The Balaban J connectivity index is 1.87. The largest absolute Gasteiger partial charge is 0.480 e. The van der Waals surface area contributed by atoms with Crippen LogP contribution in [0, 0.1) is 20.2 Å². The quantitative estimate of drug-likeness (QED) is 0.0131. The Morgan fingerprint density at radius 1 is 0.632 bits per heavy atom. The molecule has 14 N–H and O–H groups in total. The lowest BCUT2D eigenvalue weighted by Crippen LogP contribution is -2.48. The summed E-state index contributed by atoms with van der Waals surface area (Å²) in [5, 5.41) is 77.2. The number of carboxylic acids is 4. The maximum absolute atomic E-state index is 12.7. The summed E-state index contributed by atoms with van der Waals surface area (Å²) in [6, 6.07) is 3.28. The Kier molecular flexibility index (Phi) is 25.3. The number of unbranched alkanes of at least 4 members (excludes halogenated alkanes) is 1. The molecule has 30 heteroatoms. The molecule has 2 aromatic carbocycles. The molecule has 4 atom stereocenters. The van der Waals surface area contributed by atoms with Gasteiger partial charge in [0.1, 0.15) is 12.1 Å². The first-order chi connectivity index (χ1) is 32.2. The van der Waals surface area contributed by atoms with Gasteiger partial charge in [0.2, 0.25) is 23.6 Å². The third kappa shape index (κ3) is 22.4. The van der Waals surface area contributed by atoms with Crippen molar-refractivity contribution >= 4 is 94.8 Å². The van der Waals surface area contributed by atoms with Crippen molar-refractivity contribution in [2.45, 2.75) is 72.5 Å². The second kappa shape index (κ2) is 30.2. The van der Waals surface area contributed by atoms with E-state index in [1.165, 1.54) is 36.4 Å². The van der Waals surface area contributed by atoms with E-state index in [2.05, 4.69) is 42.3 Å². The first-order valence-electron chi connectivity index (χ1n) is 20.1. The highest BCUT2D eigenvalue weighted by molar-refractivity contribution is 7.99. The molecule has 0 heterocycles. The smallest absolute Gasteiger partial charge is 0.320 e. The molecule has 0 aromatic heterocycles. The van der Waals surface area contributed by atoms with Gasteiger partial charge in [0.15, 0.2) is 0 Å². The molecule has 0 aliphatic carbocycles. The molecule has 0 saturated carbocycles. The van der Waals surface area contributed by atoms with Crippen molar-refractivity contribution < 1.29 is 68.6 Å². The lowest BCUT2D eigenvalue weighted by molar-refractivity contribution is -0.387. The van der Waals surface area contributed by atoms with Crippen molar-refractivity contribution in [3.8, 4) is 0 Å². The number of hydrogen-bond acceptors (Lipinski definition) is 20. The van der Waals surface area contributed by atoms with Crippen LogP contribution in [0.2, 0.25) is 0 Å². The van der Waals surface area contributed by atoms with Crippen molar-refractivity contribution in [2.24, 2.45) is 21.7 Å². The second-order valence-corrected chi connectivity index (χ2v) is 16.2. The highest BCUT2D eigenvalue weighted by atomic mass is 32.2. The van der Waals surface area contributed by atoms with Crippen LogP contribution in [0.5, 0.6) is 0 Å². The third-order valence-corrected chi connectivity index (χ3v) is 11.1. The first-order valence-corrected chi connectivity index (χ1v) is 22.0. The zero-order chi connectivity index (χ0) is 50.8. The zero-order valence-electron chi connectivity index (χ0n) is 35.9. The molecular formula is C38H50N12O16S2. The van der Waals surface area contributed by atoms with Crippen LogP contribution in [0.15, 0.2) is 56.4 Å². The summed E-state index contributed by atoms with van der Waals surface area (Å²) in [6.07, 6.45) is 2.54. The molecule has 0 bridgehead atoms. The van der Waals surface area contributed by atoms with Crippen molar-refractivity contribution in [3.63, 3.8) is 0 Å². The van der Waals surface area contributed by atoms with Crippen LogP contribution in [0.4, 0.5) is 11.4 Å². The van der Waals surface area contributed by atoms with Crippen molar-refractivity contribution in [2.75, 3.05) is 37.7 Å². The molecule has 2 rings (SSSR count). The third-order valence-electron chi connectivity index (χ3n) is 8.81. The number of hydrazone groups is 2. The fourth-order valence-electron chi connectivity index (χ4n) is 5.22. The molecule has 0 aliphatic heterocycles. The minimum atomic E-state index is -1.27. The van der Waals surface area contributed by atoms with Crippen LogP contribution in [0.25, 0.3) is 0 Å². The Labute approximate surface area is 394 Å². The van der Waals surface area contributed by atoms with Gasteiger partial charge in [-0.15, -0.1) is 23.5 Å². The van der Waals surface area contributed by atoms with Gasteiger partial charge in [-0.25, -0.2) is 10.9 Å². The molecular weight excluding hydrogens is 945 g/mol. The minimum absolute atomic E-state index is 0.0444. The molecule has 0 saturated heterocycles. The van der Waals surface area contributed by atoms with Crippen LogP contribution >= 0.6 is 23.5 Å². The summed E-state index contributed by atoms with van der Waals surface area (Å²) in [5.74, 6) is -7.76. The molecule has 4 amide bonds. The number of amides is 4. The molecule has 68 heavy (non-hydrogen) atoms. The summed E-state index contributed by atoms with van der Waals surface area (Å²) >= 11 is 1.77. The fourth-order valence-corrected chi connectivity index (χ4v) is 7.34. The predicted molar refractivity (Wildman–Crippen MR) is 243 cm³/mol. The summed E-state index contributed by atoms with van der Waals surface area (Å²) < 4.78 is 0. The molecule has 0 unspecified atom stereocenters. The zero-order valence-corrected chi connectivity index (χ0v) is 37.5. The summed E-state index contributed by atoms with van der Waals surface area (Å²) in [5.41, 5.74) is 15.1. The van der Waals surface area contributed by atoms with E-state index in [9.17, 15) is 58.6 Å². The molecule has 0 spiro atoms. The van der Waals surface area contributed by atoms with Gasteiger partial charge in [0.05, 0.1) is 57.2 Å². The van der Waals surface area contributed by atoms with E-state index >= 15 is 0 Å². The number of nitrogens with zero attached hydrogens (tertiary/aromatic N) is 4. The van der Waals surface area contributed by atoms with E-state index in [1.807, 2.05) is 0 Å². The maximum atomic E-state index is 12.7. The van der Waals surface area contributed by atoms with Crippen LogP contribution < -0.4 is 43.6 Å². The lowest BCUT2D eigenvalue weighted by Gasteiger charge is -2.18. The first kappa shape index (κ1) is 57.0. The minimum Gasteiger partial charge on any atom is -0.480 e. The Bertz CT molecular complexity index is 2060. The van der Waals surface area contributed by atoms with Crippen LogP contribution in [0.3, 0.4) is 0 Å². The van der Waals surface area contributed by atoms with Crippen molar-refractivity contribution in [1.29, 1.82) is 0 Å². The highest BCUT2D eigenvalue weighted by Crippen LogP contribution is 2.31. The molecule has 0 radical (unpaired) electrons. The number of rotatable bonds is 33.